The van der Waals surface area contributed by atoms with Crippen molar-refractivity contribution in [1.82, 2.24) is 14.9 Å². The molecular weight excluding hydrogens is 312 g/mol. The maximum atomic E-state index is 11.9. The van der Waals surface area contributed by atoms with Gasteiger partial charge in [0.25, 0.3) is 5.69 Å². The van der Waals surface area contributed by atoms with Crippen LogP contribution in [0.1, 0.15) is 0 Å². The van der Waals surface area contributed by atoms with Gasteiger partial charge in [-0.25, -0.2) is 4.68 Å². The second kappa shape index (κ2) is 6.76. The summed E-state index contributed by atoms with van der Waals surface area (Å²) in [6.07, 6.45) is 1.30. The molecule has 3 N–H and O–H groups in total. The predicted octanol–water partition coefficient (Wildman–Crippen LogP) is 0.640. The number of nitro groups is 1. The Balaban J connectivity index is 2.05. The third-order valence-electron chi connectivity index (χ3n) is 2.55. The lowest BCUT2D eigenvalue weighted by molar-refractivity contribution is -0.384. The number of carbonyl (C=O) groups is 1. The average Bonchev–Trinajstić information content (AvgIpc) is 2.90. The molecule has 0 unspecified atom stereocenters. The molecule has 0 aliphatic carbocycles. The molecule has 10 nitrogen and oxygen atoms in total. The molecule has 22 heavy (non-hydrogen) atoms. The molecule has 1 aromatic carbocycles. The number of hydrogen-bond donors (Lipinski definition) is 2. The Kier molecular flexibility index (Phi) is 4.78. The molecule has 0 aliphatic rings. The summed E-state index contributed by atoms with van der Waals surface area (Å²) < 4.78 is 6.10. The zero-order chi connectivity index (χ0) is 16.1. The van der Waals surface area contributed by atoms with Gasteiger partial charge in [-0.2, -0.15) is 0 Å². The van der Waals surface area contributed by atoms with Gasteiger partial charge in [-0.05, 0) is 12.1 Å². The van der Waals surface area contributed by atoms with Crippen molar-refractivity contribution in [3.63, 3.8) is 0 Å². The molecule has 1 heterocycles. The summed E-state index contributed by atoms with van der Waals surface area (Å²) in [5.74, 6) is 5.40. The number of nitrogens with zero attached hydrogens (tertiary/aromatic N) is 4. The molecule has 2 rings (SSSR count). The van der Waals surface area contributed by atoms with Gasteiger partial charge in [-0.15, -0.1) is 10.2 Å². The van der Waals surface area contributed by atoms with Crippen LogP contribution in [0.25, 0.3) is 0 Å². The largest absolute Gasteiger partial charge is 0.496 e. The maximum absolute atomic E-state index is 11.9. The van der Waals surface area contributed by atoms with E-state index < -0.39 is 10.8 Å². The molecule has 0 saturated carbocycles. The lowest BCUT2D eigenvalue weighted by Crippen LogP contribution is -2.16. The summed E-state index contributed by atoms with van der Waals surface area (Å²) in [4.78, 5) is 22.3. The van der Waals surface area contributed by atoms with E-state index in [0.29, 0.717) is 10.9 Å². The maximum Gasteiger partial charge on any atom is 0.296 e. The third-order valence-corrected chi connectivity index (χ3v) is 3.51. The molecule has 1 amide bonds. The summed E-state index contributed by atoms with van der Waals surface area (Å²) in [5.41, 5.74) is -0.162. The molecule has 0 bridgehead atoms. The molecule has 116 valence electrons. The standard InChI is InChI=1S/C11H12N6O4S/c1-21-7-2-3-8(9(4-7)17(19)20)14-10(18)5-22-11-15-13-6-16(11)12/h2-4,6H,5,12H2,1H3,(H,14,18). The van der Waals surface area contributed by atoms with Crippen LogP contribution in [0.5, 0.6) is 5.75 Å². The van der Waals surface area contributed by atoms with Crippen LogP contribution in [0.4, 0.5) is 11.4 Å². The second-order valence-electron chi connectivity index (χ2n) is 4.00. The van der Waals surface area contributed by atoms with Crippen molar-refractivity contribution in [3.05, 3.63) is 34.6 Å². The summed E-state index contributed by atoms with van der Waals surface area (Å²) in [6.45, 7) is 0. The van der Waals surface area contributed by atoms with Crippen molar-refractivity contribution >= 4 is 29.0 Å². The zero-order valence-corrected chi connectivity index (χ0v) is 12.2. The van der Waals surface area contributed by atoms with E-state index in [1.165, 1.54) is 36.3 Å². The Morgan fingerprint density at radius 1 is 1.59 bits per heavy atom. The first-order valence-electron chi connectivity index (χ1n) is 5.91. The fraction of sp³-hybridized carbons (Fsp3) is 0.182. The normalized spacial score (nSPS) is 10.2. The van der Waals surface area contributed by atoms with Crippen LogP contribution in [-0.4, -0.2) is 38.6 Å². The number of amides is 1. The van der Waals surface area contributed by atoms with Gasteiger partial charge in [-0.3, -0.25) is 14.9 Å². The average molecular weight is 324 g/mol. The number of nitrogen functional groups attached to an aromatic ring is 1. The number of nitro benzene ring substituents is 1. The monoisotopic (exact) mass is 324 g/mol. The van der Waals surface area contributed by atoms with Crippen molar-refractivity contribution < 1.29 is 14.5 Å². The van der Waals surface area contributed by atoms with Crippen LogP contribution >= 0.6 is 11.8 Å². The van der Waals surface area contributed by atoms with E-state index in [1.54, 1.807) is 0 Å². The van der Waals surface area contributed by atoms with E-state index in [1.807, 2.05) is 0 Å². The highest BCUT2D eigenvalue weighted by molar-refractivity contribution is 7.99. The fourth-order valence-corrected chi connectivity index (χ4v) is 2.18. The number of thioether (sulfide) groups is 1. The first-order chi connectivity index (χ1) is 10.5. The quantitative estimate of drug-likeness (QED) is 0.341. The Bertz CT molecular complexity index is 704. The van der Waals surface area contributed by atoms with Crippen molar-refractivity contribution in [2.75, 3.05) is 24.0 Å². The molecule has 0 atom stereocenters. The number of nitrogens with one attached hydrogen (secondary N) is 1. The zero-order valence-electron chi connectivity index (χ0n) is 11.4. The van der Waals surface area contributed by atoms with Gasteiger partial charge in [-0.1, -0.05) is 11.8 Å². The minimum absolute atomic E-state index is 0.0148. The number of carbonyl (C=O) groups excluding carboxylic acids is 1. The molecule has 0 fully saturated rings. The minimum atomic E-state index is -0.595. The van der Waals surface area contributed by atoms with Crippen molar-refractivity contribution in [2.45, 2.75) is 5.16 Å². The molecule has 11 heteroatoms. The first-order valence-corrected chi connectivity index (χ1v) is 6.90. The van der Waals surface area contributed by atoms with E-state index in [2.05, 4.69) is 15.5 Å². The number of rotatable bonds is 6. The van der Waals surface area contributed by atoms with E-state index in [0.717, 1.165) is 11.8 Å². The lowest BCUT2D eigenvalue weighted by atomic mass is 10.2. The van der Waals surface area contributed by atoms with Crippen molar-refractivity contribution in [2.24, 2.45) is 0 Å². The third kappa shape index (κ3) is 3.63. The second-order valence-corrected chi connectivity index (χ2v) is 4.94. The van der Waals surface area contributed by atoms with Gasteiger partial charge in [0.2, 0.25) is 11.1 Å². The van der Waals surface area contributed by atoms with Crippen molar-refractivity contribution in [3.8, 4) is 5.75 Å². The van der Waals surface area contributed by atoms with E-state index >= 15 is 0 Å². The van der Waals surface area contributed by atoms with Gasteiger partial charge >= 0.3 is 0 Å². The van der Waals surface area contributed by atoms with E-state index in [-0.39, 0.29) is 17.1 Å². The number of nitrogens with two attached hydrogens (primary N) is 1. The Morgan fingerprint density at radius 3 is 2.95 bits per heavy atom. The summed E-state index contributed by atoms with van der Waals surface area (Å²) in [7, 11) is 1.40. The van der Waals surface area contributed by atoms with Crippen LogP contribution in [0.15, 0.2) is 29.7 Å². The number of anilines is 1. The highest BCUT2D eigenvalue weighted by Gasteiger charge is 2.17. The SMILES string of the molecule is COc1ccc(NC(=O)CSc2nncn2N)c([N+](=O)[O-])c1. The summed E-state index contributed by atoms with van der Waals surface area (Å²) in [6, 6.07) is 4.16. The highest BCUT2D eigenvalue weighted by Crippen LogP contribution is 2.29. The van der Waals surface area contributed by atoms with Gasteiger partial charge < -0.3 is 15.9 Å². The van der Waals surface area contributed by atoms with Gasteiger partial charge in [0.1, 0.15) is 17.8 Å². The Hall–Kier alpha value is -2.82. The molecule has 2 aromatic rings. The number of ether oxygens (including phenoxy) is 1. The highest BCUT2D eigenvalue weighted by atomic mass is 32.2. The molecule has 0 aliphatic heterocycles. The molecule has 1 aromatic heterocycles. The molecule has 0 spiro atoms. The molecular formula is C11H12N6O4S. The number of aromatic nitrogens is 3. The minimum Gasteiger partial charge on any atom is -0.496 e. The number of hydrogen-bond acceptors (Lipinski definition) is 8. The van der Waals surface area contributed by atoms with Crippen LogP contribution in [0, 0.1) is 10.1 Å². The topological polar surface area (TPSA) is 138 Å². The number of benzene rings is 1. The molecule has 0 radical (unpaired) electrons. The lowest BCUT2D eigenvalue weighted by Gasteiger charge is -2.07. The molecule has 0 saturated heterocycles. The van der Waals surface area contributed by atoms with E-state index in [4.69, 9.17) is 10.6 Å². The van der Waals surface area contributed by atoms with Crippen molar-refractivity contribution in [1.29, 1.82) is 0 Å². The predicted molar refractivity (Wildman–Crippen MR) is 79.2 cm³/mol. The van der Waals surface area contributed by atoms with Gasteiger partial charge in [0, 0.05) is 0 Å². The van der Waals surface area contributed by atoms with Gasteiger partial charge in [0.05, 0.1) is 23.9 Å². The Labute approximate surface area is 128 Å². The first kappa shape index (κ1) is 15.6. The summed E-state index contributed by atoms with van der Waals surface area (Å²) in [5, 5.41) is 21.1. The van der Waals surface area contributed by atoms with Crippen LogP contribution in [-0.2, 0) is 4.79 Å². The van der Waals surface area contributed by atoms with Crippen LogP contribution in [0.3, 0.4) is 0 Å². The fourth-order valence-electron chi connectivity index (χ4n) is 1.55. The van der Waals surface area contributed by atoms with Gasteiger partial charge in [0.15, 0.2) is 0 Å². The number of methoxy groups -OCH3 is 1. The smallest absolute Gasteiger partial charge is 0.296 e. The van der Waals surface area contributed by atoms with Crippen LogP contribution in [0.2, 0.25) is 0 Å². The summed E-state index contributed by atoms with van der Waals surface area (Å²) >= 11 is 1.06. The van der Waals surface area contributed by atoms with E-state index in [9.17, 15) is 14.9 Å². The Morgan fingerprint density at radius 2 is 2.36 bits per heavy atom. The van der Waals surface area contributed by atoms with Crippen LogP contribution < -0.4 is 15.9 Å².